The van der Waals surface area contributed by atoms with Gasteiger partial charge >= 0.3 is 0 Å². The Kier molecular flexibility index (Phi) is 6.95. The molecule has 0 spiro atoms. The lowest BCUT2D eigenvalue weighted by Gasteiger charge is -2.13. The molecule has 3 aromatic rings. The molecule has 0 saturated heterocycles. The number of ether oxygens (including phenoxy) is 2. The molecule has 0 fully saturated rings. The Morgan fingerprint density at radius 1 is 1.25 bits per heavy atom. The van der Waals surface area contributed by atoms with Crippen LogP contribution in [0.2, 0.25) is 0 Å². The predicted octanol–water partition coefficient (Wildman–Crippen LogP) is 5.70. The van der Waals surface area contributed by atoms with Crippen molar-refractivity contribution in [2.45, 2.75) is 52.2 Å². The third kappa shape index (κ3) is 5.05. The standard InChI is InChI=1S/C25H28N2O4S/c1-16(2)31-20-11-10-17(13-21(20)29-3)14-27-25-23(19-8-4-5-9-22(19)32-25)24(28)26-15-18-7-6-12-30-18/h6-7,10-14,16H,4-5,8-9,15H2,1-3H3,(H,26,28). The number of hydrogen-bond acceptors (Lipinski definition) is 6. The molecule has 2 aromatic heterocycles. The van der Waals surface area contributed by atoms with E-state index in [1.165, 1.54) is 4.88 Å². The summed E-state index contributed by atoms with van der Waals surface area (Å²) in [5, 5.41) is 3.73. The molecule has 168 valence electrons. The monoisotopic (exact) mass is 452 g/mol. The lowest BCUT2D eigenvalue weighted by atomic mass is 9.95. The molecule has 0 aliphatic heterocycles. The van der Waals surface area contributed by atoms with Gasteiger partial charge in [-0.15, -0.1) is 11.3 Å². The number of fused-ring (bicyclic) bond motifs is 1. The number of rotatable bonds is 8. The zero-order valence-electron chi connectivity index (χ0n) is 18.6. The van der Waals surface area contributed by atoms with Gasteiger partial charge in [0.25, 0.3) is 5.91 Å². The van der Waals surface area contributed by atoms with E-state index in [1.807, 2.05) is 44.2 Å². The van der Waals surface area contributed by atoms with Gasteiger partial charge in [-0.25, -0.2) is 4.99 Å². The molecule has 1 amide bonds. The van der Waals surface area contributed by atoms with Crippen LogP contribution in [0.25, 0.3) is 0 Å². The van der Waals surface area contributed by atoms with Crippen molar-refractivity contribution in [1.29, 1.82) is 0 Å². The van der Waals surface area contributed by atoms with Gasteiger partial charge in [0.2, 0.25) is 0 Å². The molecule has 1 aromatic carbocycles. The van der Waals surface area contributed by atoms with Crippen molar-refractivity contribution in [3.8, 4) is 11.5 Å². The minimum Gasteiger partial charge on any atom is -0.493 e. The van der Waals surface area contributed by atoms with Crippen LogP contribution in [0.1, 0.15) is 58.8 Å². The van der Waals surface area contributed by atoms with E-state index in [0.29, 0.717) is 23.6 Å². The van der Waals surface area contributed by atoms with Crippen LogP contribution in [0.3, 0.4) is 0 Å². The Balaban J connectivity index is 1.59. The molecule has 2 heterocycles. The number of carbonyl (C=O) groups is 1. The van der Waals surface area contributed by atoms with E-state index >= 15 is 0 Å². The summed E-state index contributed by atoms with van der Waals surface area (Å²) >= 11 is 1.62. The third-order valence-electron chi connectivity index (χ3n) is 5.26. The SMILES string of the molecule is COc1cc(C=Nc2sc3c(c2C(=O)NCc2ccco2)CCCC3)ccc1OC(C)C. The molecule has 1 aliphatic rings. The lowest BCUT2D eigenvalue weighted by molar-refractivity contribution is 0.0948. The van der Waals surface area contributed by atoms with E-state index in [9.17, 15) is 4.79 Å². The summed E-state index contributed by atoms with van der Waals surface area (Å²) in [6.07, 6.45) is 7.61. The molecular weight excluding hydrogens is 424 g/mol. The summed E-state index contributed by atoms with van der Waals surface area (Å²) in [5.41, 5.74) is 2.72. The number of aryl methyl sites for hydroxylation is 1. The molecule has 4 rings (SSSR count). The highest BCUT2D eigenvalue weighted by Crippen LogP contribution is 2.40. The molecule has 0 saturated carbocycles. The molecule has 0 unspecified atom stereocenters. The lowest BCUT2D eigenvalue weighted by Crippen LogP contribution is -2.23. The molecule has 6 nitrogen and oxygen atoms in total. The Morgan fingerprint density at radius 2 is 2.09 bits per heavy atom. The van der Waals surface area contributed by atoms with Crippen LogP contribution in [0.4, 0.5) is 5.00 Å². The number of nitrogens with one attached hydrogen (secondary N) is 1. The fourth-order valence-corrected chi connectivity index (χ4v) is 5.02. The molecule has 7 heteroatoms. The van der Waals surface area contributed by atoms with Gasteiger partial charge < -0.3 is 19.2 Å². The predicted molar refractivity (Wildman–Crippen MR) is 127 cm³/mol. The zero-order chi connectivity index (χ0) is 22.5. The molecule has 0 atom stereocenters. The molecule has 0 bridgehead atoms. The van der Waals surface area contributed by atoms with E-state index in [-0.39, 0.29) is 12.0 Å². The maximum absolute atomic E-state index is 13.1. The fraction of sp³-hybridized carbons (Fsp3) is 0.360. The van der Waals surface area contributed by atoms with Crippen molar-refractivity contribution < 1.29 is 18.7 Å². The van der Waals surface area contributed by atoms with Gasteiger partial charge in [0.1, 0.15) is 10.8 Å². The third-order valence-corrected chi connectivity index (χ3v) is 6.46. The Bertz CT molecular complexity index is 1100. The van der Waals surface area contributed by atoms with Gasteiger partial charge in [-0.1, -0.05) is 0 Å². The second kappa shape index (κ2) is 10.0. The summed E-state index contributed by atoms with van der Waals surface area (Å²) < 4.78 is 16.6. The van der Waals surface area contributed by atoms with Gasteiger partial charge in [-0.3, -0.25) is 4.79 Å². The molecular formula is C25H28N2O4S. The van der Waals surface area contributed by atoms with Gasteiger partial charge in [-0.05, 0) is 81.0 Å². The molecule has 1 N–H and O–H groups in total. The minimum absolute atomic E-state index is 0.0584. The van der Waals surface area contributed by atoms with Crippen LogP contribution in [0.5, 0.6) is 11.5 Å². The summed E-state index contributed by atoms with van der Waals surface area (Å²) in [6, 6.07) is 9.38. The van der Waals surface area contributed by atoms with E-state index in [2.05, 4.69) is 5.32 Å². The average molecular weight is 453 g/mol. The number of aliphatic imine (C=N–C) groups is 1. The Labute approximate surface area is 192 Å². The van der Waals surface area contributed by atoms with Gasteiger partial charge in [0.15, 0.2) is 11.5 Å². The molecule has 32 heavy (non-hydrogen) atoms. The Hall–Kier alpha value is -3.06. The Morgan fingerprint density at radius 3 is 2.84 bits per heavy atom. The number of thiophene rings is 1. The molecule has 0 radical (unpaired) electrons. The number of hydrogen-bond donors (Lipinski definition) is 1. The zero-order valence-corrected chi connectivity index (χ0v) is 19.5. The number of nitrogens with zero attached hydrogens (tertiary/aromatic N) is 1. The normalized spacial score (nSPS) is 13.4. The first-order valence-electron chi connectivity index (χ1n) is 10.9. The van der Waals surface area contributed by atoms with Crippen LogP contribution >= 0.6 is 11.3 Å². The van der Waals surface area contributed by atoms with Crippen LogP contribution in [0.15, 0.2) is 46.0 Å². The number of furan rings is 1. The van der Waals surface area contributed by atoms with Crippen molar-refractivity contribution >= 4 is 28.5 Å². The largest absolute Gasteiger partial charge is 0.493 e. The number of methoxy groups -OCH3 is 1. The first-order chi connectivity index (χ1) is 15.5. The van der Waals surface area contributed by atoms with E-state index < -0.39 is 0 Å². The number of amides is 1. The summed E-state index contributed by atoms with van der Waals surface area (Å²) in [4.78, 5) is 19.1. The van der Waals surface area contributed by atoms with Gasteiger partial charge in [-0.2, -0.15) is 0 Å². The highest BCUT2D eigenvalue weighted by atomic mass is 32.1. The van der Waals surface area contributed by atoms with E-state index in [1.54, 1.807) is 30.9 Å². The van der Waals surface area contributed by atoms with E-state index in [4.69, 9.17) is 18.9 Å². The fourth-order valence-electron chi connectivity index (χ4n) is 3.79. The minimum atomic E-state index is -0.105. The van der Waals surface area contributed by atoms with Crippen LogP contribution in [0, 0.1) is 0 Å². The van der Waals surface area contributed by atoms with Crippen LogP contribution < -0.4 is 14.8 Å². The van der Waals surface area contributed by atoms with E-state index in [0.717, 1.165) is 47.6 Å². The summed E-state index contributed by atoms with van der Waals surface area (Å²) in [6.45, 7) is 4.31. The smallest absolute Gasteiger partial charge is 0.255 e. The highest BCUT2D eigenvalue weighted by molar-refractivity contribution is 7.16. The molecule has 1 aliphatic carbocycles. The highest BCUT2D eigenvalue weighted by Gasteiger charge is 2.25. The van der Waals surface area contributed by atoms with Crippen LogP contribution in [-0.2, 0) is 19.4 Å². The van der Waals surface area contributed by atoms with Gasteiger partial charge in [0, 0.05) is 11.1 Å². The maximum atomic E-state index is 13.1. The summed E-state index contributed by atoms with van der Waals surface area (Å²) in [7, 11) is 1.62. The van der Waals surface area contributed by atoms with Crippen molar-refractivity contribution in [3.63, 3.8) is 0 Å². The van der Waals surface area contributed by atoms with Crippen molar-refractivity contribution in [1.82, 2.24) is 5.32 Å². The summed E-state index contributed by atoms with van der Waals surface area (Å²) in [5.74, 6) is 1.98. The first-order valence-corrected chi connectivity index (χ1v) is 11.7. The number of benzene rings is 1. The van der Waals surface area contributed by atoms with Crippen molar-refractivity contribution in [2.24, 2.45) is 4.99 Å². The number of carbonyl (C=O) groups excluding carboxylic acids is 1. The first kappa shape index (κ1) is 22.1. The quantitative estimate of drug-likeness (QED) is 0.445. The maximum Gasteiger partial charge on any atom is 0.255 e. The second-order valence-electron chi connectivity index (χ2n) is 7.99. The van der Waals surface area contributed by atoms with Crippen LogP contribution in [-0.4, -0.2) is 25.3 Å². The average Bonchev–Trinajstić information content (AvgIpc) is 3.44. The second-order valence-corrected chi connectivity index (χ2v) is 9.07. The van der Waals surface area contributed by atoms with Gasteiger partial charge in [0.05, 0.1) is 31.6 Å². The topological polar surface area (TPSA) is 73.1 Å². The van der Waals surface area contributed by atoms with Crippen molar-refractivity contribution in [3.05, 3.63) is 63.9 Å². The van der Waals surface area contributed by atoms with Crippen molar-refractivity contribution in [2.75, 3.05) is 7.11 Å².